The number of carboxylic acid groups (broad SMARTS) is 1. The van der Waals surface area contributed by atoms with Crippen molar-refractivity contribution in [3.8, 4) is 0 Å². The highest BCUT2D eigenvalue weighted by molar-refractivity contribution is 7.98. The number of aromatic amines is 1. The molecule has 1 heterocycles. The Bertz CT molecular complexity index is 738. The molecule has 0 aliphatic rings. The number of nitrogens with one attached hydrogen (secondary N) is 1. The number of carbonyl (C=O) groups is 1. The lowest BCUT2D eigenvalue weighted by Crippen LogP contribution is -2.08. The van der Waals surface area contributed by atoms with Crippen molar-refractivity contribution in [3.63, 3.8) is 0 Å². The number of hydrogen-bond donors (Lipinski definition) is 2. The zero-order valence-corrected chi connectivity index (χ0v) is 12.2. The maximum Gasteiger partial charge on any atom is 0.328 e. The van der Waals surface area contributed by atoms with Gasteiger partial charge in [-0.3, -0.25) is 4.79 Å². The molecule has 0 aliphatic carbocycles. The van der Waals surface area contributed by atoms with Crippen molar-refractivity contribution in [2.75, 3.05) is 0 Å². The Morgan fingerprint density at radius 2 is 2.24 bits per heavy atom. The minimum atomic E-state index is -0.976. The van der Waals surface area contributed by atoms with Crippen LogP contribution in [0.5, 0.6) is 0 Å². The first-order valence-corrected chi connectivity index (χ1v) is 7.22. The second-order valence-corrected chi connectivity index (χ2v) is 5.36. The molecule has 6 heteroatoms. The topological polar surface area (TPSA) is 83.0 Å². The third-order valence-corrected chi connectivity index (χ3v) is 3.54. The van der Waals surface area contributed by atoms with Crippen molar-refractivity contribution < 1.29 is 9.90 Å². The Morgan fingerprint density at radius 1 is 1.43 bits per heavy atom. The predicted octanol–water partition coefficient (Wildman–Crippen LogP) is 2.47. The molecule has 108 valence electrons. The quantitative estimate of drug-likeness (QED) is 0.503. The van der Waals surface area contributed by atoms with Gasteiger partial charge in [0.15, 0.2) is 5.16 Å². The number of H-pyrrole nitrogens is 1. The highest BCUT2D eigenvalue weighted by atomic mass is 32.2. The first kappa shape index (κ1) is 15.1. The summed E-state index contributed by atoms with van der Waals surface area (Å²) in [6, 6.07) is 8.99. The monoisotopic (exact) mass is 302 g/mol. The van der Waals surface area contributed by atoms with Gasteiger partial charge < -0.3 is 10.1 Å². The molecule has 2 rings (SSSR count). The smallest absolute Gasteiger partial charge is 0.328 e. The third kappa shape index (κ3) is 4.92. The summed E-state index contributed by atoms with van der Waals surface area (Å²) in [4.78, 5) is 28.8. The van der Waals surface area contributed by atoms with Gasteiger partial charge in [-0.15, -0.1) is 0 Å². The number of aliphatic carboxylic acids is 1. The summed E-state index contributed by atoms with van der Waals surface area (Å²) in [6.07, 6.45) is 2.65. The predicted molar refractivity (Wildman–Crippen MR) is 82.3 cm³/mol. The lowest BCUT2D eigenvalue weighted by Gasteiger charge is -2.03. The maximum absolute atomic E-state index is 11.4. The molecule has 0 bridgehead atoms. The van der Waals surface area contributed by atoms with Gasteiger partial charge in [-0.25, -0.2) is 9.78 Å². The molecule has 0 amide bonds. The van der Waals surface area contributed by atoms with Crippen LogP contribution in [0.4, 0.5) is 0 Å². The van der Waals surface area contributed by atoms with Crippen LogP contribution in [0.25, 0.3) is 6.08 Å². The van der Waals surface area contributed by atoms with Crippen LogP contribution in [0.3, 0.4) is 0 Å². The minimum Gasteiger partial charge on any atom is -0.478 e. The molecule has 0 aliphatic heterocycles. The van der Waals surface area contributed by atoms with Gasteiger partial charge in [0.2, 0.25) is 0 Å². The molecule has 0 radical (unpaired) electrons. The van der Waals surface area contributed by atoms with Crippen molar-refractivity contribution in [2.24, 2.45) is 0 Å². The van der Waals surface area contributed by atoms with Crippen LogP contribution >= 0.6 is 11.8 Å². The second-order valence-electron chi connectivity index (χ2n) is 4.40. The fourth-order valence-electron chi connectivity index (χ4n) is 1.73. The average Bonchev–Trinajstić information content (AvgIpc) is 2.42. The molecule has 0 saturated heterocycles. The molecule has 1 aromatic carbocycles. The molecule has 5 nitrogen and oxygen atoms in total. The Balaban J connectivity index is 2.08. The van der Waals surface area contributed by atoms with Gasteiger partial charge >= 0.3 is 5.97 Å². The van der Waals surface area contributed by atoms with Gasteiger partial charge in [0.1, 0.15) is 0 Å². The summed E-state index contributed by atoms with van der Waals surface area (Å²) < 4.78 is 0. The van der Waals surface area contributed by atoms with Gasteiger partial charge in [0, 0.05) is 23.6 Å². The molecule has 1 aromatic heterocycles. The Labute approximate surface area is 125 Å². The fraction of sp³-hybridized carbons (Fsp3) is 0.133. The third-order valence-electron chi connectivity index (χ3n) is 2.59. The Morgan fingerprint density at radius 3 is 2.95 bits per heavy atom. The molecule has 2 N–H and O–H groups in total. The number of thioether (sulfide) groups is 1. The van der Waals surface area contributed by atoms with E-state index in [1.165, 1.54) is 17.8 Å². The number of aryl methyl sites for hydroxylation is 1. The van der Waals surface area contributed by atoms with Gasteiger partial charge in [0.05, 0.1) is 0 Å². The number of nitrogens with zero attached hydrogens (tertiary/aromatic N) is 1. The van der Waals surface area contributed by atoms with Crippen LogP contribution in [-0.2, 0) is 10.5 Å². The lowest BCUT2D eigenvalue weighted by molar-refractivity contribution is -0.131. The summed E-state index contributed by atoms with van der Waals surface area (Å²) >= 11 is 1.43. The molecule has 2 aromatic rings. The molecule has 21 heavy (non-hydrogen) atoms. The summed E-state index contributed by atoms with van der Waals surface area (Å²) in [6.45, 7) is 1.77. The van der Waals surface area contributed by atoms with E-state index < -0.39 is 5.97 Å². The first-order valence-electron chi connectivity index (χ1n) is 6.23. The number of carboxylic acids is 1. The van der Waals surface area contributed by atoms with Crippen LogP contribution in [0.1, 0.15) is 16.8 Å². The summed E-state index contributed by atoms with van der Waals surface area (Å²) in [5.74, 6) is -0.336. The van der Waals surface area contributed by atoms with E-state index in [1.807, 2.05) is 24.3 Å². The fourth-order valence-corrected chi connectivity index (χ4v) is 2.59. The molecule has 0 saturated carbocycles. The number of hydrogen-bond acceptors (Lipinski definition) is 4. The van der Waals surface area contributed by atoms with E-state index in [0.717, 1.165) is 17.2 Å². The van der Waals surface area contributed by atoms with Crippen molar-refractivity contribution in [1.82, 2.24) is 9.97 Å². The average molecular weight is 302 g/mol. The highest BCUT2D eigenvalue weighted by Gasteiger charge is 2.01. The molecule has 0 fully saturated rings. The van der Waals surface area contributed by atoms with Crippen LogP contribution in [0, 0.1) is 6.92 Å². The van der Waals surface area contributed by atoms with E-state index in [2.05, 4.69) is 9.97 Å². The van der Waals surface area contributed by atoms with Gasteiger partial charge in [-0.1, -0.05) is 36.0 Å². The number of rotatable bonds is 5. The number of benzene rings is 1. The molecule has 0 atom stereocenters. The molecule has 0 spiro atoms. The summed E-state index contributed by atoms with van der Waals surface area (Å²) in [5, 5.41) is 9.19. The van der Waals surface area contributed by atoms with Crippen molar-refractivity contribution >= 4 is 23.8 Å². The van der Waals surface area contributed by atoms with Crippen LogP contribution < -0.4 is 5.56 Å². The van der Waals surface area contributed by atoms with E-state index in [-0.39, 0.29) is 5.56 Å². The van der Waals surface area contributed by atoms with Gasteiger partial charge in [-0.05, 0) is 24.1 Å². The Hall–Kier alpha value is -2.34. The SMILES string of the molecule is Cc1cc(=O)[nH]c(SCc2cccc(C=CC(=O)O)c2)n1. The summed E-state index contributed by atoms with van der Waals surface area (Å²) in [5.41, 5.74) is 2.36. The molecule has 0 unspecified atom stereocenters. The lowest BCUT2D eigenvalue weighted by atomic mass is 10.1. The van der Waals surface area contributed by atoms with Gasteiger partial charge in [0.25, 0.3) is 5.56 Å². The van der Waals surface area contributed by atoms with Crippen molar-refractivity contribution in [3.05, 3.63) is 63.6 Å². The van der Waals surface area contributed by atoms with E-state index in [0.29, 0.717) is 16.6 Å². The van der Waals surface area contributed by atoms with Crippen LogP contribution in [0.15, 0.2) is 46.4 Å². The second kappa shape index (κ2) is 6.90. The normalized spacial score (nSPS) is 10.9. The zero-order valence-electron chi connectivity index (χ0n) is 11.4. The van der Waals surface area contributed by atoms with Gasteiger partial charge in [-0.2, -0.15) is 0 Å². The zero-order chi connectivity index (χ0) is 15.2. The summed E-state index contributed by atoms with van der Waals surface area (Å²) in [7, 11) is 0. The van der Waals surface area contributed by atoms with E-state index in [4.69, 9.17) is 5.11 Å². The number of aromatic nitrogens is 2. The standard InChI is InChI=1S/C15H14N2O3S/c1-10-7-13(18)17-15(16-10)21-9-12-4-2-3-11(8-12)5-6-14(19)20/h2-8H,9H2,1H3,(H,19,20)(H,16,17,18). The van der Waals surface area contributed by atoms with E-state index in [9.17, 15) is 9.59 Å². The van der Waals surface area contributed by atoms with Crippen molar-refractivity contribution in [2.45, 2.75) is 17.8 Å². The van der Waals surface area contributed by atoms with Crippen molar-refractivity contribution in [1.29, 1.82) is 0 Å². The first-order chi connectivity index (χ1) is 10.0. The Kier molecular flexibility index (Phi) is 4.94. The minimum absolute atomic E-state index is 0.164. The molecular weight excluding hydrogens is 288 g/mol. The van der Waals surface area contributed by atoms with E-state index >= 15 is 0 Å². The molecular formula is C15H14N2O3S. The van der Waals surface area contributed by atoms with Crippen LogP contribution in [-0.4, -0.2) is 21.0 Å². The van der Waals surface area contributed by atoms with Crippen LogP contribution in [0.2, 0.25) is 0 Å². The highest BCUT2D eigenvalue weighted by Crippen LogP contribution is 2.19. The maximum atomic E-state index is 11.4. The van der Waals surface area contributed by atoms with E-state index in [1.54, 1.807) is 13.0 Å². The largest absolute Gasteiger partial charge is 0.478 e.